The average Bonchev–Trinajstić information content (AvgIpc) is 3.08. The lowest BCUT2D eigenvalue weighted by Crippen LogP contribution is -2.09. The number of hydrogen-bond acceptors (Lipinski definition) is 3. The minimum Gasteiger partial charge on any atom is -0.490 e. The molecule has 1 N–H and O–H groups in total. The summed E-state index contributed by atoms with van der Waals surface area (Å²) in [5.74, 6) is 0.719. The molecular formula is C17H16N2O2. The maximum atomic E-state index is 10.1. The number of aromatic nitrogens is 2. The fraction of sp³-hybridized carbons (Fsp3) is 0.118. The number of benzene rings is 2. The summed E-state index contributed by atoms with van der Waals surface area (Å²) < 4.78 is 7.58. The summed E-state index contributed by atoms with van der Waals surface area (Å²) in [4.78, 5) is 4.02. The summed E-state index contributed by atoms with van der Waals surface area (Å²) in [6.45, 7) is 0.220. The third-order valence-electron chi connectivity index (χ3n) is 3.21. The van der Waals surface area contributed by atoms with Gasteiger partial charge in [0.05, 0.1) is 12.0 Å². The van der Waals surface area contributed by atoms with E-state index in [2.05, 4.69) is 4.98 Å². The van der Waals surface area contributed by atoms with Gasteiger partial charge in [0.25, 0.3) is 0 Å². The van der Waals surface area contributed by atoms with Crippen molar-refractivity contribution in [3.8, 4) is 11.4 Å². The molecule has 106 valence electrons. The van der Waals surface area contributed by atoms with Crippen molar-refractivity contribution in [2.24, 2.45) is 0 Å². The maximum Gasteiger partial charge on any atom is 0.121 e. The first-order valence-corrected chi connectivity index (χ1v) is 6.77. The van der Waals surface area contributed by atoms with E-state index in [0.717, 1.165) is 17.0 Å². The maximum absolute atomic E-state index is 10.1. The van der Waals surface area contributed by atoms with Crippen LogP contribution in [0.4, 0.5) is 0 Å². The van der Waals surface area contributed by atoms with Crippen molar-refractivity contribution in [1.82, 2.24) is 9.55 Å². The Hall–Kier alpha value is -2.59. The normalized spacial score (nSPS) is 12.0. The highest BCUT2D eigenvalue weighted by molar-refractivity contribution is 5.39. The van der Waals surface area contributed by atoms with Crippen LogP contribution in [-0.2, 0) is 0 Å². The SMILES string of the molecule is O[C@H](COc1cccc(-n2ccnc2)c1)c1ccccc1. The van der Waals surface area contributed by atoms with Gasteiger partial charge < -0.3 is 14.4 Å². The predicted octanol–water partition coefficient (Wildman–Crippen LogP) is 2.98. The number of ether oxygens (including phenoxy) is 1. The predicted molar refractivity (Wildman–Crippen MR) is 80.5 cm³/mol. The first kappa shape index (κ1) is 13.4. The van der Waals surface area contributed by atoms with Gasteiger partial charge in [-0.3, -0.25) is 0 Å². The van der Waals surface area contributed by atoms with Gasteiger partial charge in [-0.15, -0.1) is 0 Å². The van der Waals surface area contributed by atoms with Crippen molar-refractivity contribution >= 4 is 0 Å². The summed E-state index contributed by atoms with van der Waals surface area (Å²) in [6, 6.07) is 17.2. The topological polar surface area (TPSA) is 47.3 Å². The number of hydrogen-bond donors (Lipinski definition) is 1. The van der Waals surface area contributed by atoms with Gasteiger partial charge in [0.15, 0.2) is 0 Å². The molecule has 21 heavy (non-hydrogen) atoms. The van der Waals surface area contributed by atoms with Gasteiger partial charge in [0.2, 0.25) is 0 Å². The molecule has 0 aliphatic heterocycles. The third kappa shape index (κ3) is 3.30. The smallest absolute Gasteiger partial charge is 0.121 e. The molecule has 2 aromatic carbocycles. The Morgan fingerprint density at radius 2 is 1.95 bits per heavy atom. The molecular weight excluding hydrogens is 264 g/mol. The highest BCUT2D eigenvalue weighted by Gasteiger charge is 2.08. The minimum absolute atomic E-state index is 0.220. The van der Waals surface area contributed by atoms with Gasteiger partial charge in [-0.1, -0.05) is 36.4 Å². The molecule has 0 unspecified atom stereocenters. The van der Waals surface area contributed by atoms with Crippen LogP contribution < -0.4 is 4.74 Å². The van der Waals surface area contributed by atoms with Crippen LogP contribution in [0.15, 0.2) is 73.3 Å². The number of aliphatic hydroxyl groups excluding tert-OH is 1. The third-order valence-corrected chi connectivity index (χ3v) is 3.21. The molecule has 3 aromatic rings. The summed E-state index contributed by atoms with van der Waals surface area (Å²) >= 11 is 0. The van der Waals surface area contributed by atoms with Crippen molar-refractivity contribution in [1.29, 1.82) is 0 Å². The molecule has 4 heteroatoms. The van der Waals surface area contributed by atoms with Gasteiger partial charge in [0.1, 0.15) is 18.5 Å². The van der Waals surface area contributed by atoms with Crippen LogP contribution in [-0.4, -0.2) is 21.3 Å². The van der Waals surface area contributed by atoms with Crippen LogP contribution in [0.5, 0.6) is 5.75 Å². The molecule has 0 bridgehead atoms. The highest BCUT2D eigenvalue weighted by Crippen LogP contribution is 2.19. The summed E-state index contributed by atoms with van der Waals surface area (Å²) in [5, 5.41) is 10.1. The monoisotopic (exact) mass is 280 g/mol. The number of nitrogens with zero attached hydrogens (tertiary/aromatic N) is 2. The van der Waals surface area contributed by atoms with E-state index in [1.807, 2.05) is 65.4 Å². The van der Waals surface area contributed by atoms with Crippen molar-refractivity contribution < 1.29 is 9.84 Å². The molecule has 0 spiro atoms. The highest BCUT2D eigenvalue weighted by atomic mass is 16.5. The van der Waals surface area contributed by atoms with E-state index in [1.54, 1.807) is 12.5 Å². The van der Waals surface area contributed by atoms with Crippen LogP contribution in [0.25, 0.3) is 5.69 Å². The van der Waals surface area contributed by atoms with E-state index >= 15 is 0 Å². The molecule has 0 saturated carbocycles. The second-order valence-corrected chi connectivity index (χ2v) is 4.70. The Labute approximate surface area is 123 Å². The fourth-order valence-corrected chi connectivity index (χ4v) is 2.09. The lowest BCUT2D eigenvalue weighted by molar-refractivity contribution is 0.108. The minimum atomic E-state index is -0.636. The van der Waals surface area contributed by atoms with Crippen LogP contribution in [0.1, 0.15) is 11.7 Å². The van der Waals surface area contributed by atoms with Crippen molar-refractivity contribution in [3.05, 3.63) is 78.9 Å². The van der Waals surface area contributed by atoms with Gasteiger partial charge in [-0.2, -0.15) is 0 Å². The first-order chi connectivity index (χ1) is 10.3. The number of rotatable bonds is 5. The Morgan fingerprint density at radius 1 is 1.10 bits per heavy atom. The van der Waals surface area contributed by atoms with Crippen LogP contribution >= 0.6 is 0 Å². The van der Waals surface area contributed by atoms with E-state index in [1.165, 1.54) is 0 Å². The molecule has 0 aliphatic carbocycles. The summed E-state index contributed by atoms with van der Waals surface area (Å²) in [6.07, 6.45) is 4.70. The van der Waals surface area contributed by atoms with Crippen molar-refractivity contribution in [2.75, 3.05) is 6.61 Å². The molecule has 3 rings (SSSR count). The largest absolute Gasteiger partial charge is 0.490 e. The Bertz CT molecular complexity index is 681. The number of imidazole rings is 1. The van der Waals surface area contributed by atoms with Gasteiger partial charge in [-0.05, 0) is 17.7 Å². The summed E-state index contributed by atoms with van der Waals surface area (Å²) in [5.41, 5.74) is 1.82. The lowest BCUT2D eigenvalue weighted by atomic mass is 10.1. The quantitative estimate of drug-likeness (QED) is 0.781. The number of aliphatic hydroxyl groups is 1. The van der Waals surface area contributed by atoms with E-state index in [-0.39, 0.29) is 6.61 Å². The molecule has 0 aliphatic rings. The Balaban J connectivity index is 1.67. The molecule has 1 heterocycles. The zero-order chi connectivity index (χ0) is 14.5. The van der Waals surface area contributed by atoms with Gasteiger partial charge in [0, 0.05) is 18.5 Å². The van der Waals surface area contributed by atoms with E-state index in [4.69, 9.17) is 4.74 Å². The van der Waals surface area contributed by atoms with E-state index in [0.29, 0.717) is 0 Å². The van der Waals surface area contributed by atoms with Crippen LogP contribution in [0.3, 0.4) is 0 Å². The standard InChI is InChI=1S/C17H16N2O2/c20-17(14-5-2-1-3-6-14)12-21-16-8-4-7-15(11-16)19-10-9-18-13-19/h1-11,13,17,20H,12H2/t17-/m1/s1. The Morgan fingerprint density at radius 3 is 2.71 bits per heavy atom. The van der Waals surface area contributed by atoms with Gasteiger partial charge >= 0.3 is 0 Å². The van der Waals surface area contributed by atoms with Crippen LogP contribution in [0, 0.1) is 0 Å². The second-order valence-electron chi connectivity index (χ2n) is 4.70. The van der Waals surface area contributed by atoms with Crippen molar-refractivity contribution in [2.45, 2.75) is 6.10 Å². The zero-order valence-electron chi connectivity index (χ0n) is 11.5. The zero-order valence-corrected chi connectivity index (χ0v) is 11.5. The molecule has 0 radical (unpaired) electrons. The summed E-state index contributed by atoms with van der Waals surface area (Å²) in [7, 11) is 0. The van der Waals surface area contributed by atoms with Crippen LogP contribution in [0.2, 0.25) is 0 Å². The molecule has 0 saturated heterocycles. The van der Waals surface area contributed by atoms with Gasteiger partial charge in [-0.25, -0.2) is 4.98 Å². The molecule has 0 amide bonds. The van der Waals surface area contributed by atoms with E-state index in [9.17, 15) is 5.11 Å². The molecule has 1 aromatic heterocycles. The first-order valence-electron chi connectivity index (χ1n) is 6.77. The van der Waals surface area contributed by atoms with E-state index < -0.39 is 6.10 Å². The lowest BCUT2D eigenvalue weighted by Gasteiger charge is -2.13. The fourth-order valence-electron chi connectivity index (χ4n) is 2.09. The molecule has 0 fully saturated rings. The molecule has 4 nitrogen and oxygen atoms in total. The Kier molecular flexibility index (Phi) is 3.98. The molecule has 1 atom stereocenters. The second kappa shape index (κ2) is 6.24. The van der Waals surface area contributed by atoms with Crippen molar-refractivity contribution in [3.63, 3.8) is 0 Å². The average molecular weight is 280 g/mol.